The number of carboxylic acids is 1. The van der Waals surface area contributed by atoms with E-state index in [9.17, 15) is 4.79 Å². The van der Waals surface area contributed by atoms with Gasteiger partial charge >= 0.3 is 5.97 Å². The van der Waals surface area contributed by atoms with E-state index in [1.165, 1.54) is 17.4 Å². The van der Waals surface area contributed by atoms with Crippen LogP contribution in [0.2, 0.25) is 0 Å². The van der Waals surface area contributed by atoms with Crippen LogP contribution in [-0.2, 0) is 0 Å². The van der Waals surface area contributed by atoms with Crippen molar-refractivity contribution in [3.63, 3.8) is 0 Å². The van der Waals surface area contributed by atoms with E-state index < -0.39 is 5.97 Å². The molecule has 18 heavy (non-hydrogen) atoms. The Balaban J connectivity index is 2.40. The second kappa shape index (κ2) is 5.59. The molecular weight excluding hydrogens is 250 g/mol. The fourth-order valence-corrected chi connectivity index (χ4v) is 2.07. The number of hydrogen-bond acceptors (Lipinski definition) is 5. The molecule has 0 spiro atoms. The van der Waals surface area contributed by atoms with E-state index in [2.05, 4.69) is 15.3 Å². The summed E-state index contributed by atoms with van der Waals surface area (Å²) in [6.07, 6.45) is 0.945. The molecule has 0 atom stereocenters. The quantitative estimate of drug-likeness (QED) is 0.867. The Morgan fingerprint density at radius 3 is 2.94 bits per heavy atom. The first-order chi connectivity index (χ1) is 8.70. The molecule has 2 heterocycles. The van der Waals surface area contributed by atoms with Gasteiger partial charge in [-0.25, -0.2) is 14.8 Å². The van der Waals surface area contributed by atoms with Crippen LogP contribution in [0.1, 0.15) is 23.8 Å². The summed E-state index contributed by atoms with van der Waals surface area (Å²) in [5.74, 6) is -0.0501. The van der Waals surface area contributed by atoms with Gasteiger partial charge in [0.25, 0.3) is 0 Å². The molecule has 0 amide bonds. The molecule has 0 aliphatic carbocycles. The van der Waals surface area contributed by atoms with Crippen LogP contribution in [0.3, 0.4) is 0 Å². The Labute approximate surface area is 109 Å². The third kappa shape index (κ3) is 2.84. The lowest BCUT2D eigenvalue weighted by atomic mass is 10.3. The molecule has 5 nitrogen and oxygen atoms in total. The number of hydrogen-bond donors (Lipinski definition) is 2. The van der Waals surface area contributed by atoms with Gasteiger partial charge in [-0.05, 0) is 17.9 Å². The van der Waals surface area contributed by atoms with Gasteiger partial charge in [0, 0.05) is 12.6 Å². The van der Waals surface area contributed by atoms with Gasteiger partial charge in [0.1, 0.15) is 5.82 Å². The van der Waals surface area contributed by atoms with Gasteiger partial charge in [0.2, 0.25) is 0 Å². The Morgan fingerprint density at radius 2 is 2.33 bits per heavy atom. The second-order valence-electron chi connectivity index (χ2n) is 3.67. The van der Waals surface area contributed by atoms with E-state index in [0.717, 1.165) is 17.8 Å². The number of anilines is 1. The molecule has 0 aliphatic rings. The van der Waals surface area contributed by atoms with Gasteiger partial charge in [-0.15, -0.1) is 11.3 Å². The molecule has 0 fully saturated rings. The molecule has 6 heteroatoms. The van der Waals surface area contributed by atoms with Crippen LogP contribution in [-0.4, -0.2) is 27.6 Å². The van der Waals surface area contributed by atoms with E-state index in [-0.39, 0.29) is 5.69 Å². The smallest absolute Gasteiger partial charge is 0.354 e. The van der Waals surface area contributed by atoms with Crippen molar-refractivity contribution in [3.05, 3.63) is 29.3 Å². The van der Waals surface area contributed by atoms with Crippen molar-refractivity contribution in [2.24, 2.45) is 0 Å². The predicted molar refractivity (Wildman–Crippen MR) is 71.1 cm³/mol. The molecule has 0 aliphatic heterocycles. The van der Waals surface area contributed by atoms with Gasteiger partial charge in [0.15, 0.2) is 11.5 Å². The van der Waals surface area contributed by atoms with Crippen LogP contribution < -0.4 is 5.32 Å². The molecule has 0 radical (unpaired) electrons. The minimum atomic E-state index is -1.05. The minimum absolute atomic E-state index is 0.00648. The van der Waals surface area contributed by atoms with Crippen LogP contribution in [0.4, 0.5) is 5.82 Å². The third-order valence-corrected chi connectivity index (χ3v) is 3.11. The summed E-state index contributed by atoms with van der Waals surface area (Å²) >= 11 is 1.48. The highest BCUT2D eigenvalue weighted by atomic mass is 32.1. The maximum absolute atomic E-state index is 11.0. The molecular formula is C12H13N3O2S. The summed E-state index contributed by atoms with van der Waals surface area (Å²) in [6.45, 7) is 2.78. The van der Waals surface area contributed by atoms with Gasteiger partial charge in [-0.3, -0.25) is 0 Å². The average molecular weight is 263 g/mol. The van der Waals surface area contributed by atoms with Crippen LogP contribution in [0.15, 0.2) is 23.6 Å². The number of aromatic nitrogens is 2. The van der Waals surface area contributed by atoms with E-state index >= 15 is 0 Å². The molecule has 2 aromatic rings. The summed E-state index contributed by atoms with van der Waals surface area (Å²) in [4.78, 5) is 20.3. The lowest BCUT2D eigenvalue weighted by Crippen LogP contribution is -2.08. The molecule has 0 bridgehead atoms. The van der Waals surface area contributed by atoms with Crippen molar-refractivity contribution in [1.82, 2.24) is 9.97 Å². The first kappa shape index (κ1) is 12.5. The van der Waals surface area contributed by atoms with Gasteiger partial charge in [0.05, 0.1) is 4.88 Å². The lowest BCUT2D eigenvalue weighted by Gasteiger charge is -2.06. The number of carbonyl (C=O) groups is 1. The standard InChI is InChI=1S/C12H13N3O2S/c1-2-5-13-10-7-8(12(16)17)14-11(15-10)9-4-3-6-18-9/h3-4,6-7H,2,5H2,1H3,(H,16,17)(H,13,14,15). The Bertz CT molecular complexity index is 540. The number of nitrogens with zero attached hydrogens (tertiary/aromatic N) is 2. The fraction of sp³-hybridized carbons (Fsp3) is 0.250. The summed E-state index contributed by atoms with van der Waals surface area (Å²) in [6, 6.07) is 5.21. The van der Waals surface area contributed by atoms with Gasteiger partial charge < -0.3 is 10.4 Å². The zero-order valence-corrected chi connectivity index (χ0v) is 10.7. The molecule has 2 N–H and O–H groups in total. The number of aromatic carboxylic acids is 1. The number of nitrogens with one attached hydrogen (secondary N) is 1. The van der Waals surface area contributed by atoms with E-state index in [1.807, 2.05) is 24.4 Å². The van der Waals surface area contributed by atoms with Crippen LogP contribution >= 0.6 is 11.3 Å². The fourth-order valence-electron chi connectivity index (χ4n) is 1.42. The van der Waals surface area contributed by atoms with E-state index in [4.69, 9.17) is 5.11 Å². The van der Waals surface area contributed by atoms with Crippen LogP contribution in [0.5, 0.6) is 0 Å². The molecule has 0 saturated carbocycles. The first-order valence-electron chi connectivity index (χ1n) is 5.61. The SMILES string of the molecule is CCCNc1cc(C(=O)O)nc(-c2cccs2)n1. The molecule has 0 aromatic carbocycles. The number of thiophene rings is 1. The molecule has 94 valence electrons. The highest BCUT2D eigenvalue weighted by Crippen LogP contribution is 2.22. The van der Waals surface area contributed by atoms with E-state index in [1.54, 1.807) is 0 Å². The van der Waals surface area contributed by atoms with Gasteiger partial charge in [-0.1, -0.05) is 13.0 Å². The minimum Gasteiger partial charge on any atom is -0.477 e. The number of rotatable bonds is 5. The second-order valence-corrected chi connectivity index (χ2v) is 4.62. The maximum Gasteiger partial charge on any atom is 0.354 e. The zero-order chi connectivity index (χ0) is 13.0. The average Bonchev–Trinajstić information content (AvgIpc) is 2.89. The van der Waals surface area contributed by atoms with Crippen LogP contribution in [0.25, 0.3) is 10.7 Å². The van der Waals surface area contributed by atoms with Crippen LogP contribution in [0, 0.1) is 0 Å². The maximum atomic E-state index is 11.0. The Hall–Kier alpha value is -1.95. The molecule has 2 rings (SSSR count). The van der Waals surface area contributed by atoms with Crippen molar-refractivity contribution in [1.29, 1.82) is 0 Å². The zero-order valence-electron chi connectivity index (χ0n) is 9.88. The van der Waals surface area contributed by atoms with Gasteiger partial charge in [-0.2, -0.15) is 0 Å². The van der Waals surface area contributed by atoms with Crippen molar-refractivity contribution in [2.75, 3.05) is 11.9 Å². The van der Waals surface area contributed by atoms with Crippen molar-refractivity contribution < 1.29 is 9.90 Å². The highest BCUT2D eigenvalue weighted by molar-refractivity contribution is 7.13. The third-order valence-electron chi connectivity index (χ3n) is 2.24. The molecule has 0 unspecified atom stereocenters. The Morgan fingerprint density at radius 1 is 1.50 bits per heavy atom. The number of carboxylic acid groups (broad SMARTS) is 1. The summed E-state index contributed by atoms with van der Waals surface area (Å²) < 4.78 is 0. The van der Waals surface area contributed by atoms with Crippen molar-refractivity contribution in [3.8, 4) is 10.7 Å². The highest BCUT2D eigenvalue weighted by Gasteiger charge is 2.12. The molecule has 2 aromatic heterocycles. The molecule has 0 saturated heterocycles. The first-order valence-corrected chi connectivity index (χ1v) is 6.48. The predicted octanol–water partition coefficient (Wildman–Crippen LogP) is 2.73. The monoisotopic (exact) mass is 263 g/mol. The topological polar surface area (TPSA) is 75.1 Å². The van der Waals surface area contributed by atoms with E-state index in [0.29, 0.717) is 11.6 Å². The summed E-state index contributed by atoms with van der Waals surface area (Å²) in [7, 11) is 0. The summed E-state index contributed by atoms with van der Waals surface area (Å²) in [5, 5.41) is 14.0. The van der Waals surface area contributed by atoms with Crippen molar-refractivity contribution >= 4 is 23.1 Å². The Kier molecular flexibility index (Phi) is 3.88. The summed E-state index contributed by atoms with van der Waals surface area (Å²) in [5.41, 5.74) is 0.00648. The van der Waals surface area contributed by atoms with Crippen molar-refractivity contribution in [2.45, 2.75) is 13.3 Å². The largest absolute Gasteiger partial charge is 0.477 e. The lowest BCUT2D eigenvalue weighted by molar-refractivity contribution is 0.0690. The normalized spacial score (nSPS) is 10.3.